The minimum absolute atomic E-state index is 0.0939. The van der Waals surface area contributed by atoms with Crippen LogP contribution in [0.5, 0.6) is 0 Å². The molecule has 0 unspecified atom stereocenters. The van der Waals surface area contributed by atoms with Gasteiger partial charge in [-0.25, -0.2) is 4.39 Å². The van der Waals surface area contributed by atoms with E-state index in [1.165, 1.54) is 24.5 Å². The van der Waals surface area contributed by atoms with Gasteiger partial charge in [0.25, 0.3) is 11.1 Å². The molecule has 0 atom stereocenters. The average Bonchev–Trinajstić information content (AvgIpc) is 3.18. The van der Waals surface area contributed by atoms with Gasteiger partial charge in [-0.2, -0.15) is 0 Å². The molecule has 2 aromatic heterocycles. The summed E-state index contributed by atoms with van der Waals surface area (Å²) in [6.07, 6.45) is 1.50. The Hall–Kier alpha value is -2.61. The van der Waals surface area contributed by atoms with Gasteiger partial charge in [0.2, 0.25) is 5.91 Å². The normalized spacial score (nSPS) is 10.7. The molecule has 1 amide bonds. The maximum atomic E-state index is 13.0. The molecule has 0 saturated carbocycles. The van der Waals surface area contributed by atoms with E-state index >= 15 is 0 Å². The van der Waals surface area contributed by atoms with Gasteiger partial charge < -0.3 is 14.2 Å². The van der Waals surface area contributed by atoms with E-state index in [9.17, 15) is 9.18 Å². The molecule has 23 heavy (non-hydrogen) atoms. The fraction of sp³-hybridized carbons (Fsp3) is 0.133. The summed E-state index contributed by atoms with van der Waals surface area (Å²) in [5.74, 6) is 0.230. The number of benzene rings is 1. The predicted octanol–water partition coefficient (Wildman–Crippen LogP) is 3.51. The van der Waals surface area contributed by atoms with E-state index in [2.05, 4.69) is 15.5 Å². The molecule has 0 fully saturated rings. The molecule has 118 valence electrons. The number of aryl methyl sites for hydroxylation is 1. The highest BCUT2D eigenvalue weighted by molar-refractivity contribution is 7.99. The second-order valence-electron chi connectivity index (χ2n) is 4.65. The maximum Gasteiger partial charge on any atom is 0.284 e. The summed E-state index contributed by atoms with van der Waals surface area (Å²) in [5, 5.41) is 10.7. The average molecular weight is 333 g/mol. The lowest BCUT2D eigenvalue weighted by atomic mass is 10.2. The van der Waals surface area contributed by atoms with Crippen molar-refractivity contribution in [3.63, 3.8) is 0 Å². The Morgan fingerprint density at radius 3 is 2.96 bits per heavy atom. The second-order valence-corrected chi connectivity index (χ2v) is 5.57. The molecule has 1 aromatic carbocycles. The number of halogens is 1. The van der Waals surface area contributed by atoms with Crippen molar-refractivity contribution in [2.24, 2.45) is 0 Å². The fourth-order valence-electron chi connectivity index (χ4n) is 1.85. The van der Waals surface area contributed by atoms with Gasteiger partial charge in [-0.15, -0.1) is 10.2 Å². The Morgan fingerprint density at radius 1 is 1.35 bits per heavy atom. The molecule has 0 aliphatic carbocycles. The Balaban J connectivity index is 1.57. The standard InChI is InChI=1S/C15H12FN3O3S/c1-9-7-10(16)4-5-11(9)17-13(20)8-23-15-19-18-14(22-15)12-3-2-6-21-12/h2-7H,8H2,1H3,(H,17,20). The molecular formula is C15H12FN3O3S. The Morgan fingerprint density at radius 2 is 2.22 bits per heavy atom. The monoisotopic (exact) mass is 333 g/mol. The van der Waals surface area contributed by atoms with Crippen molar-refractivity contribution >= 4 is 23.4 Å². The fourth-order valence-corrected chi connectivity index (χ4v) is 2.41. The highest BCUT2D eigenvalue weighted by Crippen LogP contribution is 2.23. The van der Waals surface area contributed by atoms with Crippen LogP contribution < -0.4 is 5.32 Å². The van der Waals surface area contributed by atoms with E-state index < -0.39 is 0 Å². The lowest BCUT2D eigenvalue weighted by Crippen LogP contribution is -2.14. The number of nitrogens with zero attached hydrogens (tertiary/aromatic N) is 2. The van der Waals surface area contributed by atoms with E-state index in [0.29, 0.717) is 17.0 Å². The van der Waals surface area contributed by atoms with E-state index in [-0.39, 0.29) is 28.6 Å². The van der Waals surface area contributed by atoms with Crippen LogP contribution in [0, 0.1) is 12.7 Å². The Bertz CT molecular complexity index is 817. The molecule has 8 heteroatoms. The molecule has 0 aliphatic heterocycles. The molecule has 0 radical (unpaired) electrons. The first-order chi connectivity index (χ1) is 11.1. The van der Waals surface area contributed by atoms with Crippen molar-refractivity contribution in [1.29, 1.82) is 0 Å². The number of aromatic nitrogens is 2. The highest BCUT2D eigenvalue weighted by Gasteiger charge is 2.13. The van der Waals surface area contributed by atoms with Crippen molar-refractivity contribution in [2.45, 2.75) is 12.1 Å². The number of hydrogen-bond acceptors (Lipinski definition) is 6. The smallest absolute Gasteiger partial charge is 0.284 e. The first-order valence-electron chi connectivity index (χ1n) is 6.68. The number of thioether (sulfide) groups is 1. The highest BCUT2D eigenvalue weighted by atomic mass is 32.2. The molecule has 0 spiro atoms. The van der Waals surface area contributed by atoms with E-state index in [1.54, 1.807) is 19.1 Å². The van der Waals surface area contributed by atoms with Gasteiger partial charge in [-0.1, -0.05) is 11.8 Å². The number of rotatable bonds is 5. The van der Waals surface area contributed by atoms with Gasteiger partial charge in [0.15, 0.2) is 5.76 Å². The first kappa shape index (κ1) is 15.3. The van der Waals surface area contributed by atoms with E-state index in [4.69, 9.17) is 8.83 Å². The number of carbonyl (C=O) groups is 1. The van der Waals surface area contributed by atoms with Gasteiger partial charge in [0.1, 0.15) is 5.82 Å². The van der Waals surface area contributed by atoms with E-state index in [0.717, 1.165) is 11.8 Å². The second kappa shape index (κ2) is 6.66. The summed E-state index contributed by atoms with van der Waals surface area (Å²) in [7, 11) is 0. The zero-order chi connectivity index (χ0) is 16.2. The zero-order valence-electron chi connectivity index (χ0n) is 12.1. The number of hydrogen-bond donors (Lipinski definition) is 1. The summed E-state index contributed by atoms with van der Waals surface area (Å²) in [4.78, 5) is 11.9. The summed E-state index contributed by atoms with van der Waals surface area (Å²) in [6.45, 7) is 1.72. The van der Waals surface area contributed by atoms with Crippen molar-refractivity contribution in [3.05, 3.63) is 48.0 Å². The van der Waals surface area contributed by atoms with Crippen LogP contribution >= 0.6 is 11.8 Å². The van der Waals surface area contributed by atoms with Crippen LogP contribution in [0.3, 0.4) is 0 Å². The summed E-state index contributed by atoms with van der Waals surface area (Å²) >= 11 is 1.11. The molecule has 3 aromatic rings. The quantitative estimate of drug-likeness (QED) is 0.720. The molecule has 3 rings (SSSR count). The van der Waals surface area contributed by atoms with Crippen LogP contribution in [0.1, 0.15) is 5.56 Å². The molecular weight excluding hydrogens is 321 g/mol. The third-order valence-corrected chi connectivity index (χ3v) is 3.75. The van der Waals surface area contributed by atoms with E-state index in [1.807, 2.05) is 0 Å². The van der Waals surface area contributed by atoms with Crippen LogP contribution in [-0.4, -0.2) is 21.9 Å². The number of anilines is 1. The number of amides is 1. The van der Waals surface area contributed by atoms with Crippen molar-refractivity contribution in [1.82, 2.24) is 10.2 Å². The SMILES string of the molecule is Cc1cc(F)ccc1NC(=O)CSc1nnc(-c2ccco2)o1. The molecule has 1 N–H and O–H groups in total. The van der Waals surface area contributed by atoms with Crippen molar-refractivity contribution in [2.75, 3.05) is 11.1 Å². The van der Waals surface area contributed by atoms with Crippen LogP contribution in [0.4, 0.5) is 10.1 Å². The summed E-state index contributed by atoms with van der Waals surface area (Å²) in [6, 6.07) is 7.59. The van der Waals surface area contributed by atoms with Crippen LogP contribution in [0.15, 0.2) is 50.7 Å². The van der Waals surface area contributed by atoms with Gasteiger partial charge in [-0.3, -0.25) is 4.79 Å². The third kappa shape index (κ3) is 3.78. The number of furan rings is 1. The van der Waals surface area contributed by atoms with Crippen molar-refractivity contribution < 1.29 is 18.0 Å². The zero-order valence-corrected chi connectivity index (χ0v) is 12.9. The van der Waals surface area contributed by atoms with Gasteiger partial charge >= 0.3 is 0 Å². The van der Waals surface area contributed by atoms with Gasteiger partial charge in [-0.05, 0) is 42.8 Å². The lowest BCUT2D eigenvalue weighted by Gasteiger charge is -2.07. The molecule has 2 heterocycles. The Labute approximate surface area is 135 Å². The van der Waals surface area contributed by atoms with Crippen LogP contribution in [0.25, 0.3) is 11.7 Å². The Kier molecular flexibility index (Phi) is 4.42. The number of carbonyl (C=O) groups excluding carboxylic acids is 1. The molecule has 6 nitrogen and oxygen atoms in total. The molecule has 0 saturated heterocycles. The molecule has 0 aliphatic rings. The van der Waals surface area contributed by atoms with Crippen molar-refractivity contribution in [3.8, 4) is 11.7 Å². The van der Waals surface area contributed by atoms with Crippen LogP contribution in [0.2, 0.25) is 0 Å². The first-order valence-corrected chi connectivity index (χ1v) is 7.66. The summed E-state index contributed by atoms with van der Waals surface area (Å²) < 4.78 is 23.6. The lowest BCUT2D eigenvalue weighted by molar-refractivity contribution is -0.113. The summed E-state index contributed by atoms with van der Waals surface area (Å²) in [5.41, 5.74) is 1.22. The molecule has 0 bridgehead atoms. The van der Waals surface area contributed by atoms with Gasteiger partial charge in [0.05, 0.1) is 12.0 Å². The van der Waals surface area contributed by atoms with Crippen LogP contribution in [-0.2, 0) is 4.79 Å². The third-order valence-electron chi connectivity index (χ3n) is 2.93. The minimum atomic E-state index is -0.341. The minimum Gasteiger partial charge on any atom is -0.459 e. The van der Waals surface area contributed by atoms with Gasteiger partial charge in [0, 0.05) is 5.69 Å². The topological polar surface area (TPSA) is 81.2 Å². The predicted molar refractivity (Wildman–Crippen MR) is 82.5 cm³/mol. The number of nitrogens with one attached hydrogen (secondary N) is 1. The largest absolute Gasteiger partial charge is 0.459 e. The maximum absolute atomic E-state index is 13.0.